The minimum atomic E-state index is -0.998. The third-order valence-electron chi connectivity index (χ3n) is 2.90. The summed E-state index contributed by atoms with van der Waals surface area (Å²) in [6.07, 6.45) is 1.96. The predicted molar refractivity (Wildman–Crippen MR) is 67.2 cm³/mol. The van der Waals surface area contributed by atoms with Crippen molar-refractivity contribution in [1.82, 2.24) is 5.32 Å². The molecule has 0 bridgehead atoms. The van der Waals surface area contributed by atoms with Crippen LogP contribution < -0.4 is 5.32 Å². The van der Waals surface area contributed by atoms with Crippen LogP contribution in [0.25, 0.3) is 0 Å². The summed E-state index contributed by atoms with van der Waals surface area (Å²) in [6.45, 7) is 2.19. The Morgan fingerprint density at radius 1 is 1.44 bits per heavy atom. The molecule has 0 radical (unpaired) electrons. The largest absolute Gasteiger partial charge is 0.477 e. The number of ether oxygens (including phenoxy) is 1. The van der Waals surface area contributed by atoms with Crippen LogP contribution in [0.2, 0.25) is 0 Å². The number of hydrogen-bond donors (Lipinski definition) is 2. The van der Waals surface area contributed by atoms with Gasteiger partial charge in [0.25, 0.3) is 5.91 Å². The summed E-state index contributed by atoms with van der Waals surface area (Å²) < 4.78 is 5.25. The molecule has 5 nitrogen and oxygen atoms in total. The molecule has 18 heavy (non-hydrogen) atoms. The zero-order chi connectivity index (χ0) is 13.0. The molecular formula is C12H15NO4S. The Balaban J connectivity index is 1.77. The second kappa shape index (κ2) is 5.97. The number of amides is 1. The van der Waals surface area contributed by atoms with Crippen molar-refractivity contribution in [3.8, 4) is 0 Å². The number of carbonyl (C=O) groups is 2. The second-order valence-electron chi connectivity index (χ2n) is 4.24. The van der Waals surface area contributed by atoms with Gasteiger partial charge in [-0.15, -0.1) is 11.3 Å². The molecule has 0 saturated carbocycles. The minimum absolute atomic E-state index is 0.185. The summed E-state index contributed by atoms with van der Waals surface area (Å²) in [5.74, 6) is -0.670. The number of carbonyl (C=O) groups excluding carboxylic acids is 1. The molecule has 1 aromatic heterocycles. The molecule has 1 saturated heterocycles. The summed E-state index contributed by atoms with van der Waals surface area (Å²) >= 11 is 0.996. The Labute approximate surface area is 109 Å². The first-order valence-corrected chi connectivity index (χ1v) is 6.67. The number of aromatic carboxylic acids is 1. The van der Waals surface area contributed by atoms with Crippen LogP contribution in [0.3, 0.4) is 0 Å². The second-order valence-corrected chi connectivity index (χ2v) is 5.33. The van der Waals surface area contributed by atoms with E-state index in [4.69, 9.17) is 9.84 Å². The van der Waals surface area contributed by atoms with Gasteiger partial charge in [0.2, 0.25) is 0 Å². The van der Waals surface area contributed by atoms with E-state index in [1.165, 1.54) is 6.07 Å². The molecule has 1 unspecified atom stereocenters. The minimum Gasteiger partial charge on any atom is -0.477 e. The highest BCUT2D eigenvalue weighted by atomic mass is 32.1. The number of thiophene rings is 1. The fraction of sp³-hybridized carbons (Fsp3) is 0.500. The van der Waals surface area contributed by atoms with Crippen molar-refractivity contribution in [2.75, 3.05) is 19.8 Å². The van der Waals surface area contributed by atoms with Crippen molar-refractivity contribution in [1.29, 1.82) is 0 Å². The summed E-state index contributed by atoms with van der Waals surface area (Å²) in [4.78, 5) is 23.0. The molecule has 1 aromatic rings. The van der Waals surface area contributed by atoms with Crippen LogP contribution in [-0.2, 0) is 4.74 Å². The standard InChI is InChI=1S/C12H15NO4S/c14-11(9-1-2-10(18-9)12(15)16)13-5-3-8-4-6-17-7-8/h1-2,8H,3-7H2,(H,13,14)(H,15,16). The number of carboxylic acids is 1. The zero-order valence-electron chi connectivity index (χ0n) is 9.85. The molecule has 2 rings (SSSR count). The van der Waals surface area contributed by atoms with Crippen LogP contribution in [-0.4, -0.2) is 36.7 Å². The Kier molecular flexibility index (Phi) is 4.33. The maximum atomic E-state index is 11.7. The van der Waals surface area contributed by atoms with E-state index >= 15 is 0 Å². The smallest absolute Gasteiger partial charge is 0.345 e. The van der Waals surface area contributed by atoms with Gasteiger partial charge >= 0.3 is 5.97 Å². The van der Waals surface area contributed by atoms with E-state index in [2.05, 4.69) is 5.32 Å². The van der Waals surface area contributed by atoms with E-state index in [0.29, 0.717) is 17.3 Å². The monoisotopic (exact) mass is 269 g/mol. The molecule has 0 aliphatic carbocycles. The van der Waals surface area contributed by atoms with Gasteiger partial charge in [0.1, 0.15) is 4.88 Å². The first-order chi connectivity index (χ1) is 8.66. The van der Waals surface area contributed by atoms with Crippen molar-refractivity contribution in [3.05, 3.63) is 21.9 Å². The Morgan fingerprint density at radius 3 is 2.83 bits per heavy atom. The SMILES string of the molecule is O=C(O)c1ccc(C(=O)NCCC2CCOC2)s1. The summed E-state index contributed by atoms with van der Waals surface area (Å²) in [5, 5.41) is 11.6. The van der Waals surface area contributed by atoms with Gasteiger partial charge in [-0.25, -0.2) is 4.79 Å². The summed E-state index contributed by atoms with van der Waals surface area (Å²) in [7, 11) is 0. The normalized spacial score (nSPS) is 18.8. The van der Waals surface area contributed by atoms with Crippen molar-refractivity contribution < 1.29 is 19.4 Å². The number of carboxylic acid groups (broad SMARTS) is 1. The van der Waals surface area contributed by atoms with Crippen LogP contribution in [0.5, 0.6) is 0 Å². The third-order valence-corrected chi connectivity index (χ3v) is 3.97. The molecule has 1 aliphatic heterocycles. The van der Waals surface area contributed by atoms with E-state index in [0.717, 1.165) is 37.4 Å². The Hall–Kier alpha value is -1.40. The lowest BCUT2D eigenvalue weighted by Gasteiger charge is -2.07. The molecule has 2 N–H and O–H groups in total. The molecule has 1 fully saturated rings. The van der Waals surface area contributed by atoms with Gasteiger partial charge in [-0.2, -0.15) is 0 Å². The maximum absolute atomic E-state index is 11.7. The molecule has 2 heterocycles. The van der Waals surface area contributed by atoms with E-state index < -0.39 is 5.97 Å². The highest BCUT2D eigenvalue weighted by Crippen LogP contribution is 2.17. The number of nitrogens with one attached hydrogen (secondary N) is 1. The van der Waals surface area contributed by atoms with Gasteiger partial charge < -0.3 is 15.2 Å². The molecule has 1 amide bonds. The fourth-order valence-corrected chi connectivity index (χ4v) is 2.62. The van der Waals surface area contributed by atoms with Gasteiger partial charge in [-0.3, -0.25) is 4.79 Å². The van der Waals surface area contributed by atoms with E-state index in [1.54, 1.807) is 6.07 Å². The average molecular weight is 269 g/mol. The first-order valence-electron chi connectivity index (χ1n) is 5.86. The molecule has 6 heteroatoms. The molecule has 1 atom stereocenters. The highest BCUT2D eigenvalue weighted by molar-refractivity contribution is 7.15. The average Bonchev–Trinajstić information content (AvgIpc) is 2.99. The van der Waals surface area contributed by atoms with Crippen LogP contribution in [0.4, 0.5) is 0 Å². The fourth-order valence-electron chi connectivity index (χ4n) is 1.86. The van der Waals surface area contributed by atoms with Gasteiger partial charge in [-0.1, -0.05) is 0 Å². The first kappa shape index (κ1) is 13.0. The van der Waals surface area contributed by atoms with Crippen LogP contribution in [0.15, 0.2) is 12.1 Å². The molecule has 0 spiro atoms. The van der Waals surface area contributed by atoms with Crippen molar-refractivity contribution in [3.63, 3.8) is 0 Å². The third kappa shape index (κ3) is 3.30. The lowest BCUT2D eigenvalue weighted by molar-refractivity contribution is 0.0702. The van der Waals surface area contributed by atoms with Gasteiger partial charge in [0, 0.05) is 19.8 Å². The number of hydrogen-bond acceptors (Lipinski definition) is 4. The zero-order valence-corrected chi connectivity index (χ0v) is 10.7. The van der Waals surface area contributed by atoms with Crippen LogP contribution in [0.1, 0.15) is 32.2 Å². The lowest BCUT2D eigenvalue weighted by atomic mass is 10.1. The van der Waals surface area contributed by atoms with Gasteiger partial charge in [0.05, 0.1) is 4.88 Å². The van der Waals surface area contributed by atoms with Gasteiger partial charge in [0.15, 0.2) is 0 Å². The predicted octanol–water partition coefficient (Wildman–Crippen LogP) is 1.60. The summed E-state index contributed by atoms with van der Waals surface area (Å²) in [5.41, 5.74) is 0. The van der Waals surface area contributed by atoms with Crippen molar-refractivity contribution in [2.24, 2.45) is 5.92 Å². The lowest BCUT2D eigenvalue weighted by Crippen LogP contribution is -2.25. The van der Waals surface area contributed by atoms with Crippen LogP contribution in [0, 0.1) is 5.92 Å². The van der Waals surface area contributed by atoms with Crippen molar-refractivity contribution in [2.45, 2.75) is 12.8 Å². The molecular weight excluding hydrogens is 254 g/mol. The van der Waals surface area contributed by atoms with Gasteiger partial charge in [-0.05, 0) is 30.9 Å². The maximum Gasteiger partial charge on any atom is 0.345 e. The van der Waals surface area contributed by atoms with E-state index in [9.17, 15) is 9.59 Å². The number of rotatable bonds is 5. The molecule has 98 valence electrons. The van der Waals surface area contributed by atoms with Crippen LogP contribution >= 0.6 is 11.3 Å². The Bertz CT molecular complexity index is 437. The molecule has 0 aromatic carbocycles. The summed E-state index contributed by atoms with van der Waals surface area (Å²) in [6, 6.07) is 2.99. The van der Waals surface area contributed by atoms with E-state index in [1.807, 2.05) is 0 Å². The van der Waals surface area contributed by atoms with Crippen molar-refractivity contribution >= 4 is 23.2 Å². The Morgan fingerprint density at radius 2 is 2.22 bits per heavy atom. The quantitative estimate of drug-likeness (QED) is 0.851. The van der Waals surface area contributed by atoms with E-state index in [-0.39, 0.29) is 10.8 Å². The topological polar surface area (TPSA) is 75.6 Å². The molecule has 1 aliphatic rings. The highest BCUT2D eigenvalue weighted by Gasteiger charge is 2.16.